The second kappa shape index (κ2) is 6.36. The Hall–Kier alpha value is -1.60. The highest BCUT2D eigenvalue weighted by molar-refractivity contribution is 5.48. The van der Waals surface area contributed by atoms with Crippen molar-refractivity contribution < 1.29 is 4.39 Å². The first-order chi connectivity index (χ1) is 8.43. The van der Waals surface area contributed by atoms with Crippen LogP contribution in [0.2, 0.25) is 0 Å². The van der Waals surface area contributed by atoms with Gasteiger partial charge in [0.1, 0.15) is 11.9 Å². The number of halogens is 1. The van der Waals surface area contributed by atoms with Crippen molar-refractivity contribution in [2.24, 2.45) is 5.92 Å². The normalized spacial score (nSPS) is 12.6. The standard InChI is InChI=1S/C14H20FN3/c1-10(2)14(9-18(3)4)17-12-6-5-11(8-16)13(15)7-12/h5-7,10,14,17H,9H2,1-4H3. The van der Waals surface area contributed by atoms with Gasteiger partial charge in [0.15, 0.2) is 0 Å². The van der Waals surface area contributed by atoms with E-state index in [0.29, 0.717) is 11.6 Å². The zero-order chi connectivity index (χ0) is 13.7. The number of nitriles is 1. The number of anilines is 1. The Morgan fingerprint density at radius 2 is 2.06 bits per heavy atom. The first-order valence-electron chi connectivity index (χ1n) is 6.05. The maximum absolute atomic E-state index is 13.5. The minimum atomic E-state index is -0.477. The molecule has 98 valence electrons. The highest BCUT2D eigenvalue weighted by Gasteiger charge is 2.14. The summed E-state index contributed by atoms with van der Waals surface area (Å²) in [7, 11) is 4.02. The van der Waals surface area contributed by atoms with E-state index in [-0.39, 0.29) is 11.6 Å². The third-order valence-corrected chi connectivity index (χ3v) is 2.81. The Balaban J connectivity index is 2.81. The van der Waals surface area contributed by atoms with Gasteiger partial charge in [-0.1, -0.05) is 13.8 Å². The molecular weight excluding hydrogens is 229 g/mol. The molecule has 1 rings (SSSR count). The van der Waals surface area contributed by atoms with Crippen LogP contribution in [0.3, 0.4) is 0 Å². The van der Waals surface area contributed by atoms with Crippen LogP contribution in [0.15, 0.2) is 18.2 Å². The summed E-state index contributed by atoms with van der Waals surface area (Å²) >= 11 is 0. The molecule has 1 unspecified atom stereocenters. The fourth-order valence-electron chi connectivity index (χ4n) is 1.73. The van der Waals surface area contributed by atoms with Gasteiger partial charge in [0.05, 0.1) is 5.56 Å². The lowest BCUT2D eigenvalue weighted by Crippen LogP contribution is -2.36. The molecule has 0 saturated carbocycles. The minimum Gasteiger partial charge on any atom is -0.381 e. The second-order valence-corrected chi connectivity index (χ2v) is 5.06. The molecule has 1 aromatic carbocycles. The smallest absolute Gasteiger partial charge is 0.143 e. The molecule has 1 atom stereocenters. The second-order valence-electron chi connectivity index (χ2n) is 5.06. The largest absolute Gasteiger partial charge is 0.381 e. The van der Waals surface area contributed by atoms with Gasteiger partial charge < -0.3 is 10.2 Å². The summed E-state index contributed by atoms with van der Waals surface area (Å²) in [6.45, 7) is 5.13. The molecule has 0 amide bonds. The predicted octanol–water partition coefficient (Wildman–Crippen LogP) is 2.70. The van der Waals surface area contributed by atoms with E-state index in [4.69, 9.17) is 5.26 Å². The molecule has 1 aromatic rings. The van der Waals surface area contributed by atoms with Crippen LogP contribution in [0.1, 0.15) is 19.4 Å². The molecule has 4 heteroatoms. The van der Waals surface area contributed by atoms with Crippen LogP contribution in [-0.4, -0.2) is 31.6 Å². The van der Waals surface area contributed by atoms with Gasteiger partial charge in [0.2, 0.25) is 0 Å². The van der Waals surface area contributed by atoms with E-state index in [1.165, 1.54) is 12.1 Å². The van der Waals surface area contributed by atoms with E-state index in [1.54, 1.807) is 6.07 Å². The lowest BCUT2D eigenvalue weighted by atomic mass is 10.0. The SMILES string of the molecule is CC(C)C(CN(C)C)Nc1ccc(C#N)c(F)c1. The average molecular weight is 249 g/mol. The first kappa shape index (κ1) is 14.5. The van der Waals surface area contributed by atoms with Gasteiger partial charge in [-0.05, 0) is 38.2 Å². The number of hydrogen-bond acceptors (Lipinski definition) is 3. The predicted molar refractivity (Wildman–Crippen MR) is 71.9 cm³/mol. The van der Waals surface area contributed by atoms with Crippen LogP contribution in [0, 0.1) is 23.1 Å². The summed E-state index contributed by atoms with van der Waals surface area (Å²) in [5, 5.41) is 12.0. The van der Waals surface area contributed by atoms with Gasteiger partial charge in [-0.25, -0.2) is 4.39 Å². The summed E-state index contributed by atoms with van der Waals surface area (Å²) in [5.74, 6) is -0.0408. The van der Waals surface area contributed by atoms with Crippen molar-refractivity contribution in [3.8, 4) is 6.07 Å². The van der Waals surface area contributed by atoms with Crippen molar-refractivity contribution in [3.63, 3.8) is 0 Å². The molecule has 0 aliphatic rings. The van der Waals surface area contributed by atoms with Crippen LogP contribution in [0.5, 0.6) is 0 Å². The Kier molecular flexibility index (Phi) is 5.11. The third kappa shape index (κ3) is 4.01. The van der Waals surface area contributed by atoms with Crippen LogP contribution in [0.25, 0.3) is 0 Å². The molecular formula is C14H20FN3. The summed E-state index contributed by atoms with van der Waals surface area (Å²) in [5.41, 5.74) is 0.793. The Bertz CT molecular complexity index is 435. The lowest BCUT2D eigenvalue weighted by Gasteiger charge is -2.26. The Morgan fingerprint density at radius 1 is 1.39 bits per heavy atom. The van der Waals surface area contributed by atoms with Crippen LogP contribution < -0.4 is 5.32 Å². The van der Waals surface area contributed by atoms with E-state index in [0.717, 1.165) is 6.54 Å². The van der Waals surface area contributed by atoms with E-state index in [2.05, 4.69) is 24.1 Å². The van der Waals surface area contributed by atoms with E-state index < -0.39 is 5.82 Å². The molecule has 0 aliphatic heterocycles. The highest BCUT2D eigenvalue weighted by atomic mass is 19.1. The Morgan fingerprint density at radius 3 is 2.50 bits per heavy atom. The summed E-state index contributed by atoms with van der Waals surface area (Å²) < 4.78 is 13.5. The van der Waals surface area contributed by atoms with Crippen LogP contribution in [0.4, 0.5) is 10.1 Å². The lowest BCUT2D eigenvalue weighted by molar-refractivity contribution is 0.344. The zero-order valence-electron chi connectivity index (χ0n) is 11.4. The number of nitrogens with one attached hydrogen (secondary N) is 1. The molecule has 0 bridgehead atoms. The highest BCUT2D eigenvalue weighted by Crippen LogP contribution is 2.17. The molecule has 0 aliphatic carbocycles. The third-order valence-electron chi connectivity index (χ3n) is 2.81. The van der Waals surface area contributed by atoms with Crippen molar-refractivity contribution >= 4 is 5.69 Å². The van der Waals surface area contributed by atoms with Gasteiger partial charge in [0, 0.05) is 18.3 Å². The molecule has 18 heavy (non-hydrogen) atoms. The topological polar surface area (TPSA) is 39.1 Å². The molecule has 0 spiro atoms. The molecule has 0 radical (unpaired) electrons. The molecule has 0 saturated heterocycles. The number of benzene rings is 1. The monoisotopic (exact) mass is 249 g/mol. The van der Waals surface area contributed by atoms with Crippen molar-refractivity contribution in [3.05, 3.63) is 29.6 Å². The number of rotatable bonds is 5. The van der Waals surface area contributed by atoms with Crippen molar-refractivity contribution in [2.75, 3.05) is 26.0 Å². The minimum absolute atomic E-state index is 0.0780. The van der Waals surface area contributed by atoms with Crippen molar-refractivity contribution in [1.29, 1.82) is 5.26 Å². The molecule has 3 nitrogen and oxygen atoms in total. The molecule has 0 heterocycles. The van der Waals surface area contributed by atoms with Crippen LogP contribution in [-0.2, 0) is 0 Å². The first-order valence-corrected chi connectivity index (χ1v) is 6.05. The number of nitrogens with zero attached hydrogens (tertiary/aromatic N) is 2. The summed E-state index contributed by atoms with van der Waals surface area (Å²) in [6, 6.07) is 6.69. The van der Waals surface area contributed by atoms with Gasteiger partial charge >= 0.3 is 0 Å². The quantitative estimate of drug-likeness (QED) is 0.872. The van der Waals surface area contributed by atoms with Gasteiger partial charge in [0.25, 0.3) is 0 Å². The van der Waals surface area contributed by atoms with Crippen LogP contribution >= 0.6 is 0 Å². The molecule has 0 fully saturated rings. The molecule has 0 aromatic heterocycles. The average Bonchev–Trinajstić information content (AvgIpc) is 2.27. The Labute approximate surface area is 108 Å². The van der Waals surface area contributed by atoms with Gasteiger partial charge in [-0.15, -0.1) is 0 Å². The van der Waals surface area contributed by atoms with Crippen molar-refractivity contribution in [2.45, 2.75) is 19.9 Å². The summed E-state index contributed by atoms with van der Waals surface area (Å²) in [6.07, 6.45) is 0. The maximum Gasteiger partial charge on any atom is 0.143 e. The van der Waals surface area contributed by atoms with E-state index in [1.807, 2.05) is 20.2 Å². The molecule has 1 N–H and O–H groups in total. The van der Waals surface area contributed by atoms with E-state index >= 15 is 0 Å². The maximum atomic E-state index is 13.5. The summed E-state index contributed by atoms with van der Waals surface area (Å²) in [4.78, 5) is 2.09. The van der Waals surface area contributed by atoms with Crippen molar-refractivity contribution in [1.82, 2.24) is 4.90 Å². The number of likely N-dealkylation sites (N-methyl/N-ethyl adjacent to an activating group) is 1. The van der Waals surface area contributed by atoms with Gasteiger partial charge in [-0.3, -0.25) is 0 Å². The van der Waals surface area contributed by atoms with E-state index in [9.17, 15) is 4.39 Å². The number of hydrogen-bond donors (Lipinski definition) is 1. The fraction of sp³-hybridized carbons (Fsp3) is 0.500. The fourth-order valence-corrected chi connectivity index (χ4v) is 1.73. The van der Waals surface area contributed by atoms with Gasteiger partial charge in [-0.2, -0.15) is 5.26 Å². The zero-order valence-corrected chi connectivity index (χ0v) is 11.4.